The van der Waals surface area contributed by atoms with Crippen LogP contribution < -0.4 is 5.32 Å². The Morgan fingerprint density at radius 1 is 1.40 bits per heavy atom. The number of rotatable bonds is 3. The molecular formula is C7H15NOS. The molecule has 1 atom stereocenters. The standard InChI is InChI=1S/C7H15NOS/c1-5(2)8-7(9)6(3)10-4/h5-6H,1-4H3,(H,8,9)/t6-/m0/s1. The fourth-order valence-corrected chi connectivity index (χ4v) is 0.791. The predicted octanol–water partition coefficient (Wildman–Crippen LogP) is 1.26. The molecule has 0 aromatic carbocycles. The van der Waals surface area contributed by atoms with Crippen LogP contribution >= 0.6 is 11.8 Å². The molecule has 0 aliphatic heterocycles. The molecule has 0 saturated carbocycles. The van der Waals surface area contributed by atoms with E-state index < -0.39 is 0 Å². The minimum Gasteiger partial charge on any atom is -0.353 e. The molecular weight excluding hydrogens is 146 g/mol. The first kappa shape index (κ1) is 9.82. The second kappa shape index (κ2) is 4.61. The van der Waals surface area contributed by atoms with Crippen molar-refractivity contribution in [2.24, 2.45) is 0 Å². The maximum absolute atomic E-state index is 11.1. The molecule has 0 saturated heterocycles. The molecule has 0 rings (SSSR count). The molecule has 0 unspecified atom stereocenters. The lowest BCUT2D eigenvalue weighted by atomic mass is 10.3. The number of thioether (sulfide) groups is 1. The summed E-state index contributed by atoms with van der Waals surface area (Å²) in [6.45, 7) is 5.83. The molecule has 0 bridgehead atoms. The van der Waals surface area contributed by atoms with E-state index in [1.54, 1.807) is 11.8 Å². The van der Waals surface area contributed by atoms with Crippen LogP contribution in [0.2, 0.25) is 0 Å². The Kier molecular flexibility index (Phi) is 4.52. The third-order valence-electron chi connectivity index (χ3n) is 1.15. The number of hydrogen-bond acceptors (Lipinski definition) is 2. The Bertz CT molecular complexity index is 114. The van der Waals surface area contributed by atoms with E-state index in [0.29, 0.717) is 0 Å². The largest absolute Gasteiger partial charge is 0.353 e. The van der Waals surface area contributed by atoms with E-state index in [9.17, 15) is 4.79 Å². The number of carbonyl (C=O) groups is 1. The molecule has 10 heavy (non-hydrogen) atoms. The number of hydrogen-bond donors (Lipinski definition) is 1. The molecule has 60 valence electrons. The van der Waals surface area contributed by atoms with Gasteiger partial charge in [-0.25, -0.2) is 0 Å². The van der Waals surface area contributed by atoms with Crippen LogP contribution in [-0.4, -0.2) is 23.5 Å². The normalized spacial score (nSPS) is 13.3. The van der Waals surface area contributed by atoms with Gasteiger partial charge in [0.1, 0.15) is 0 Å². The third kappa shape index (κ3) is 3.77. The zero-order valence-corrected chi connectivity index (χ0v) is 7.79. The van der Waals surface area contributed by atoms with Gasteiger partial charge in [0, 0.05) is 6.04 Å². The van der Waals surface area contributed by atoms with Crippen molar-refractivity contribution in [2.45, 2.75) is 32.1 Å². The quantitative estimate of drug-likeness (QED) is 0.675. The molecule has 0 aliphatic rings. The van der Waals surface area contributed by atoms with Crippen LogP contribution in [0.25, 0.3) is 0 Å². The van der Waals surface area contributed by atoms with Crippen molar-refractivity contribution in [2.75, 3.05) is 6.26 Å². The summed E-state index contributed by atoms with van der Waals surface area (Å²) in [4.78, 5) is 11.1. The molecule has 0 radical (unpaired) electrons. The lowest BCUT2D eigenvalue weighted by Gasteiger charge is -2.11. The second-order valence-corrected chi connectivity index (χ2v) is 3.72. The highest BCUT2D eigenvalue weighted by Crippen LogP contribution is 2.04. The molecule has 0 heterocycles. The minimum absolute atomic E-state index is 0.0717. The van der Waals surface area contributed by atoms with Crippen LogP contribution in [-0.2, 0) is 4.79 Å². The summed E-state index contributed by atoms with van der Waals surface area (Å²) < 4.78 is 0. The Hall–Kier alpha value is -0.180. The highest BCUT2D eigenvalue weighted by molar-refractivity contribution is 7.99. The van der Waals surface area contributed by atoms with Gasteiger partial charge in [0.05, 0.1) is 5.25 Å². The van der Waals surface area contributed by atoms with Gasteiger partial charge in [-0.2, -0.15) is 11.8 Å². The van der Waals surface area contributed by atoms with Gasteiger partial charge in [0.15, 0.2) is 0 Å². The summed E-state index contributed by atoms with van der Waals surface area (Å²) in [5.41, 5.74) is 0. The van der Waals surface area contributed by atoms with Gasteiger partial charge in [-0.15, -0.1) is 0 Å². The number of amides is 1. The first-order chi connectivity index (χ1) is 4.57. The van der Waals surface area contributed by atoms with Crippen LogP contribution in [0.1, 0.15) is 20.8 Å². The summed E-state index contributed by atoms with van der Waals surface area (Å²) in [6, 6.07) is 0.252. The smallest absolute Gasteiger partial charge is 0.233 e. The van der Waals surface area contributed by atoms with E-state index in [2.05, 4.69) is 5.32 Å². The molecule has 0 aromatic rings. The monoisotopic (exact) mass is 161 g/mol. The topological polar surface area (TPSA) is 29.1 Å². The fraction of sp³-hybridized carbons (Fsp3) is 0.857. The van der Waals surface area contributed by atoms with Crippen molar-refractivity contribution in [3.63, 3.8) is 0 Å². The summed E-state index contributed by atoms with van der Waals surface area (Å²) in [5.74, 6) is 0.127. The van der Waals surface area contributed by atoms with Crippen molar-refractivity contribution in [3.05, 3.63) is 0 Å². The highest BCUT2D eigenvalue weighted by Gasteiger charge is 2.10. The summed E-state index contributed by atoms with van der Waals surface area (Å²) in [5, 5.41) is 2.91. The molecule has 3 heteroatoms. The van der Waals surface area contributed by atoms with Crippen LogP contribution in [0.3, 0.4) is 0 Å². The summed E-state index contributed by atoms with van der Waals surface area (Å²) >= 11 is 1.56. The Balaban J connectivity index is 3.62. The number of carbonyl (C=O) groups excluding carboxylic acids is 1. The van der Waals surface area contributed by atoms with Crippen molar-refractivity contribution >= 4 is 17.7 Å². The summed E-state index contributed by atoms with van der Waals surface area (Å²) in [6.07, 6.45) is 1.94. The maximum Gasteiger partial charge on any atom is 0.233 e. The van der Waals surface area contributed by atoms with Crippen LogP contribution in [0.4, 0.5) is 0 Å². The van der Waals surface area contributed by atoms with E-state index in [1.165, 1.54) is 0 Å². The van der Waals surface area contributed by atoms with Gasteiger partial charge in [-0.3, -0.25) is 4.79 Å². The van der Waals surface area contributed by atoms with Gasteiger partial charge in [-0.1, -0.05) is 0 Å². The molecule has 0 aliphatic carbocycles. The Labute approximate surface area is 66.8 Å². The van der Waals surface area contributed by atoms with E-state index in [4.69, 9.17) is 0 Å². The average Bonchev–Trinajstić information content (AvgIpc) is 1.85. The molecule has 0 aromatic heterocycles. The Morgan fingerprint density at radius 2 is 1.90 bits per heavy atom. The fourth-order valence-electron chi connectivity index (χ4n) is 0.509. The lowest BCUT2D eigenvalue weighted by molar-refractivity contribution is -0.120. The summed E-state index contributed by atoms with van der Waals surface area (Å²) in [7, 11) is 0. The van der Waals surface area contributed by atoms with E-state index in [1.807, 2.05) is 27.0 Å². The second-order valence-electron chi connectivity index (χ2n) is 2.54. The predicted molar refractivity (Wildman–Crippen MR) is 46.3 cm³/mol. The molecule has 0 spiro atoms. The molecule has 2 nitrogen and oxygen atoms in total. The van der Waals surface area contributed by atoms with Gasteiger partial charge >= 0.3 is 0 Å². The zero-order chi connectivity index (χ0) is 8.15. The SMILES string of the molecule is CS[C@@H](C)C(=O)NC(C)C. The number of nitrogens with one attached hydrogen (secondary N) is 1. The first-order valence-corrected chi connectivity index (χ1v) is 4.70. The average molecular weight is 161 g/mol. The minimum atomic E-state index is 0.0717. The van der Waals surface area contributed by atoms with Crippen molar-refractivity contribution in [3.8, 4) is 0 Å². The van der Waals surface area contributed by atoms with Gasteiger partial charge in [-0.05, 0) is 27.0 Å². The van der Waals surface area contributed by atoms with Gasteiger partial charge in [0.2, 0.25) is 5.91 Å². The van der Waals surface area contributed by atoms with E-state index in [0.717, 1.165) is 0 Å². The molecule has 0 fully saturated rings. The zero-order valence-electron chi connectivity index (χ0n) is 6.97. The van der Waals surface area contributed by atoms with Crippen LogP contribution in [0.15, 0.2) is 0 Å². The van der Waals surface area contributed by atoms with Crippen molar-refractivity contribution in [1.82, 2.24) is 5.32 Å². The molecule has 1 N–H and O–H groups in total. The lowest BCUT2D eigenvalue weighted by Crippen LogP contribution is -2.35. The van der Waals surface area contributed by atoms with Gasteiger partial charge in [0.25, 0.3) is 0 Å². The maximum atomic E-state index is 11.1. The van der Waals surface area contributed by atoms with Crippen molar-refractivity contribution in [1.29, 1.82) is 0 Å². The Morgan fingerprint density at radius 3 is 2.20 bits per heavy atom. The first-order valence-electron chi connectivity index (χ1n) is 3.41. The third-order valence-corrected chi connectivity index (χ3v) is 2.07. The molecule has 1 amide bonds. The van der Waals surface area contributed by atoms with Crippen LogP contribution in [0, 0.1) is 0 Å². The highest BCUT2D eigenvalue weighted by atomic mass is 32.2. The van der Waals surface area contributed by atoms with Crippen molar-refractivity contribution < 1.29 is 4.79 Å². The van der Waals surface area contributed by atoms with E-state index >= 15 is 0 Å². The van der Waals surface area contributed by atoms with Crippen LogP contribution in [0.5, 0.6) is 0 Å². The van der Waals surface area contributed by atoms with E-state index in [-0.39, 0.29) is 17.2 Å². The van der Waals surface area contributed by atoms with Gasteiger partial charge < -0.3 is 5.32 Å².